The monoisotopic (exact) mass is 403 g/mol. The van der Waals surface area contributed by atoms with E-state index in [-0.39, 0.29) is 5.91 Å². The molecule has 2 heterocycles. The van der Waals surface area contributed by atoms with E-state index in [4.69, 9.17) is 11.6 Å². The highest BCUT2D eigenvalue weighted by molar-refractivity contribution is 6.34. The molecular weight excluding hydrogens is 386 g/mol. The predicted molar refractivity (Wildman–Crippen MR) is 114 cm³/mol. The van der Waals surface area contributed by atoms with E-state index in [0.717, 1.165) is 27.8 Å². The number of halogens is 1. The third-order valence-electron chi connectivity index (χ3n) is 5.07. The van der Waals surface area contributed by atoms with Crippen LogP contribution in [0.3, 0.4) is 0 Å². The number of amides is 1. The zero-order valence-corrected chi connectivity index (χ0v) is 16.4. The number of piperazine rings is 1. The Balaban J connectivity index is 1.74. The quantitative estimate of drug-likeness (QED) is 0.624. The summed E-state index contributed by atoms with van der Waals surface area (Å²) in [7, 11) is 0. The number of fused-ring (bicyclic) bond motifs is 1. The van der Waals surface area contributed by atoms with E-state index in [0.29, 0.717) is 36.8 Å². The Morgan fingerprint density at radius 1 is 1.17 bits per heavy atom. The maximum Gasteiger partial charge on any atom is 0.246 e. The van der Waals surface area contributed by atoms with Crippen LogP contribution in [-0.4, -0.2) is 47.0 Å². The average molecular weight is 404 g/mol. The summed E-state index contributed by atoms with van der Waals surface area (Å²) in [5.74, 6) is 0.763. The van der Waals surface area contributed by atoms with Crippen LogP contribution in [0.1, 0.15) is 5.56 Å². The maximum absolute atomic E-state index is 11.8. The molecule has 0 spiro atoms. The van der Waals surface area contributed by atoms with Crippen molar-refractivity contribution < 1.29 is 4.79 Å². The number of carbonyl (C=O) groups is 1. The zero-order valence-electron chi connectivity index (χ0n) is 15.7. The van der Waals surface area contributed by atoms with Crippen LogP contribution in [0.15, 0.2) is 55.4 Å². The van der Waals surface area contributed by atoms with Crippen LogP contribution in [0.2, 0.25) is 5.02 Å². The Bertz CT molecular complexity index is 1150. The van der Waals surface area contributed by atoms with Crippen molar-refractivity contribution in [1.82, 2.24) is 14.9 Å². The lowest BCUT2D eigenvalue weighted by molar-refractivity contribution is -0.126. The summed E-state index contributed by atoms with van der Waals surface area (Å²) < 4.78 is 0. The first-order valence-electron chi connectivity index (χ1n) is 9.22. The van der Waals surface area contributed by atoms with E-state index in [1.807, 2.05) is 30.3 Å². The summed E-state index contributed by atoms with van der Waals surface area (Å²) in [5.41, 5.74) is 3.02. The smallest absolute Gasteiger partial charge is 0.246 e. The van der Waals surface area contributed by atoms with Crippen LogP contribution in [0.25, 0.3) is 22.0 Å². The molecule has 1 amide bonds. The van der Waals surface area contributed by atoms with Gasteiger partial charge in [0.15, 0.2) is 0 Å². The number of aromatic nitrogens is 2. The minimum atomic E-state index is -0.0522. The Hall–Kier alpha value is -3.43. The van der Waals surface area contributed by atoms with E-state index in [9.17, 15) is 10.1 Å². The number of nitrogens with zero attached hydrogens (tertiary/aromatic N) is 5. The Morgan fingerprint density at radius 3 is 2.69 bits per heavy atom. The second kappa shape index (κ2) is 7.90. The van der Waals surface area contributed by atoms with Gasteiger partial charge in [-0.3, -0.25) is 4.79 Å². The highest BCUT2D eigenvalue weighted by atomic mass is 35.5. The molecule has 1 saturated heterocycles. The Labute approximate surface area is 173 Å². The highest BCUT2D eigenvalue weighted by Gasteiger charge is 2.22. The van der Waals surface area contributed by atoms with Crippen LogP contribution < -0.4 is 4.90 Å². The molecule has 7 heteroatoms. The number of nitriles is 1. The Morgan fingerprint density at radius 2 is 1.97 bits per heavy atom. The molecule has 0 N–H and O–H groups in total. The molecule has 0 atom stereocenters. The van der Waals surface area contributed by atoms with Crippen molar-refractivity contribution in [3.8, 4) is 17.2 Å². The van der Waals surface area contributed by atoms with Gasteiger partial charge in [0.2, 0.25) is 5.91 Å². The molecule has 0 bridgehead atoms. The molecule has 144 valence electrons. The van der Waals surface area contributed by atoms with Gasteiger partial charge in [-0.2, -0.15) is 5.26 Å². The van der Waals surface area contributed by atoms with E-state index >= 15 is 0 Å². The van der Waals surface area contributed by atoms with E-state index in [1.54, 1.807) is 11.0 Å². The first-order chi connectivity index (χ1) is 14.1. The second-order valence-corrected chi connectivity index (χ2v) is 7.16. The summed E-state index contributed by atoms with van der Waals surface area (Å²) in [4.78, 5) is 24.7. The van der Waals surface area contributed by atoms with Crippen LogP contribution in [-0.2, 0) is 4.79 Å². The second-order valence-electron chi connectivity index (χ2n) is 6.76. The van der Waals surface area contributed by atoms with Gasteiger partial charge in [0.1, 0.15) is 12.1 Å². The summed E-state index contributed by atoms with van der Waals surface area (Å²) in [6, 6.07) is 13.3. The molecule has 4 rings (SSSR count). The molecule has 0 radical (unpaired) electrons. The van der Waals surface area contributed by atoms with Crippen molar-refractivity contribution in [3.63, 3.8) is 0 Å². The molecule has 1 aromatic heterocycles. The molecular formula is C22H18ClN5O. The fourth-order valence-corrected chi connectivity index (χ4v) is 3.83. The van der Waals surface area contributed by atoms with Crippen molar-refractivity contribution >= 4 is 34.2 Å². The minimum Gasteiger partial charge on any atom is -0.352 e. The lowest BCUT2D eigenvalue weighted by atomic mass is 10.0. The topological polar surface area (TPSA) is 73.1 Å². The summed E-state index contributed by atoms with van der Waals surface area (Å²) in [6.45, 7) is 6.13. The number of carbonyl (C=O) groups excluding carboxylic acids is 1. The van der Waals surface area contributed by atoms with Gasteiger partial charge in [-0.15, -0.1) is 0 Å². The van der Waals surface area contributed by atoms with Crippen molar-refractivity contribution in [2.75, 3.05) is 31.1 Å². The maximum atomic E-state index is 11.8. The molecule has 1 aliphatic heterocycles. The number of anilines is 1. The molecule has 0 saturated carbocycles. The van der Waals surface area contributed by atoms with Gasteiger partial charge in [-0.1, -0.05) is 30.3 Å². The van der Waals surface area contributed by atoms with Crippen LogP contribution in [0, 0.1) is 11.3 Å². The lowest BCUT2D eigenvalue weighted by Gasteiger charge is -2.35. The fraction of sp³-hybridized carbons (Fsp3) is 0.182. The van der Waals surface area contributed by atoms with Gasteiger partial charge in [0.25, 0.3) is 0 Å². The standard InChI is InChI=1S/C22H18ClN5O/c1-2-21(29)27-6-8-28(9-7-27)22-18-11-17(16-5-3-4-15(10-16)13-24)19(23)12-20(18)25-14-26-22/h2-5,10-12,14H,1,6-9H2. The predicted octanol–water partition coefficient (Wildman–Crippen LogP) is 3.66. The van der Waals surface area contributed by atoms with Gasteiger partial charge in [-0.25, -0.2) is 9.97 Å². The van der Waals surface area contributed by atoms with Crippen molar-refractivity contribution in [3.05, 3.63) is 66.0 Å². The molecule has 6 nitrogen and oxygen atoms in total. The van der Waals surface area contributed by atoms with Gasteiger partial charge >= 0.3 is 0 Å². The van der Waals surface area contributed by atoms with E-state index < -0.39 is 0 Å². The fourth-order valence-electron chi connectivity index (χ4n) is 3.56. The van der Waals surface area contributed by atoms with Gasteiger partial charge in [0.05, 0.1) is 22.2 Å². The van der Waals surface area contributed by atoms with E-state index in [1.165, 1.54) is 12.4 Å². The largest absolute Gasteiger partial charge is 0.352 e. The third-order valence-corrected chi connectivity index (χ3v) is 5.38. The van der Waals surface area contributed by atoms with Crippen molar-refractivity contribution in [2.24, 2.45) is 0 Å². The summed E-state index contributed by atoms with van der Waals surface area (Å²) in [6.07, 6.45) is 2.88. The SMILES string of the molecule is C=CC(=O)N1CCN(c2ncnc3cc(Cl)c(-c4cccc(C#N)c4)cc23)CC1. The average Bonchev–Trinajstić information content (AvgIpc) is 2.77. The third kappa shape index (κ3) is 3.65. The Kier molecular flexibility index (Phi) is 5.15. The zero-order chi connectivity index (χ0) is 20.4. The van der Waals surface area contributed by atoms with Gasteiger partial charge in [0, 0.05) is 37.1 Å². The first kappa shape index (κ1) is 18.9. The van der Waals surface area contributed by atoms with Crippen LogP contribution >= 0.6 is 11.6 Å². The molecule has 3 aromatic rings. The number of benzene rings is 2. The molecule has 0 aliphatic carbocycles. The van der Waals surface area contributed by atoms with Crippen molar-refractivity contribution in [1.29, 1.82) is 5.26 Å². The van der Waals surface area contributed by atoms with Gasteiger partial charge in [-0.05, 0) is 35.9 Å². The molecule has 2 aromatic carbocycles. The number of hydrogen-bond acceptors (Lipinski definition) is 5. The molecule has 1 fully saturated rings. The van der Waals surface area contributed by atoms with Crippen LogP contribution in [0.5, 0.6) is 0 Å². The lowest BCUT2D eigenvalue weighted by Crippen LogP contribution is -2.48. The summed E-state index contributed by atoms with van der Waals surface area (Å²) >= 11 is 6.53. The molecule has 1 aliphatic rings. The first-order valence-corrected chi connectivity index (χ1v) is 9.59. The summed E-state index contributed by atoms with van der Waals surface area (Å²) in [5, 5.41) is 10.7. The van der Waals surface area contributed by atoms with Gasteiger partial charge < -0.3 is 9.80 Å². The number of rotatable bonds is 3. The minimum absolute atomic E-state index is 0.0522. The molecule has 29 heavy (non-hydrogen) atoms. The van der Waals surface area contributed by atoms with Crippen LogP contribution in [0.4, 0.5) is 5.82 Å². The van der Waals surface area contributed by atoms with Crippen molar-refractivity contribution in [2.45, 2.75) is 0 Å². The normalized spacial score (nSPS) is 13.9. The number of hydrogen-bond donors (Lipinski definition) is 0. The molecule has 0 unspecified atom stereocenters. The highest BCUT2D eigenvalue weighted by Crippen LogP contribution is 2.35. The van der Waals surface area contributed by atoms with E-state index in [2.05, 4.69) is 27.5 Å².